The number of para-hydroxylation sites is 1. The first kappa shape index (κ1) is 22.4. The summed E-state index contributed by atoms with van der Waals surface area (Å²) < 4.78 is 43.9. The van der Waals surface area contributed by atoms with Crippen molar-refractivity contribution in [1.82, 2.24) is 14.6 Å². The molecule has 0 saturated heterocycles. The summed E-state index contributed by atoms with van der Waals surface area (Å²) in [5.74, 6) is -1.90. The number of aromatic nitrogens is 1. The number of carbonyl (C=O) groups excluding carboxylic acids is 2. The van der Waals surface area contributed by atoms with Crippen molar-refractivity contribution in [3.63, 3.8) is 0 Å². The molecule has 0 aliphatic carbocycles. The van der Waals surface area contributed by atoms with Gasteiger partial charge in [0.05, 0.1) is 18.6 Å². The number of H-pyrrole nitrogens is 1. The number of amides is 1. The molecule has 3 aromatic rings. The van der Waals surface area contributed by atoms with Crippen molar-refractivity contribution >= 4 is 32.8 Å². The van der Waals surface area contributed by atoms with E-state index < -0.39 is 40.3 Å². The molecule has 0 bridgehead atoms. The number of likely N-dealkylation sites (N-methyl/N-ethyl adjacent to an activating group) is 1. The summed E-state index contributed by atoms with van der Waals surface area (Å²) in [7, 11) is -1.57. The van der Waals surface area contributed by atoms with Crippen molar-refractivity contribution in [3.8, 4) is 0 Å². The number of nitrogens with one attached hydrogen (secondary N) is 2. The fourth-order valence-corrected chi connectivity index (χ4v) is 4.30. The third-order valence-corrected chi connectivity index (χ3v) is 6.63. The monoisotopic (exact) mass is 447 g/mol. The highest BCUT2D eigenvalue weighted by Crippen LogP contribution is 2.19. The molecular weight excluding hydrogens is 425 g/mol. The SMILES string of the molecule is COC(=O)[C@@H](Cc1c[nH]c2ccccc12)NC(=O)CN(C)S(=O)(=O)c1ccc(F)cc1. The molecule has 0 unspecified atom stereocenters. The number of rotatable bonds is 8. The van der Waals surface area contributed by atoms with Crippen LogP contribution in [-0.2, 0) is 30.8 Å². The molecule has 0 fully saturated rings. The maximum Gasteiger partial charge on any atom is 0.328 e. The smallest absolute Gasteiger partial charge is 0.328 e. The minimum absolute atomic E-state index is 0.146. The number of hydrogen-bond acceptors (Lipinski definition) is 5. The van der Waals surface area contributed by atoms with E-state index in [1.807, 2.05) is 24.3 Å². The zero-order valence-electron chi connectivity index (χ0n) is 17.0. The number of sulfonamides is 1. The van der Waals surface area contributed by atoms with Gasteiger partial charge in [-0.25, -0.2) is 17.6 Å². The highest BCUT2D eigenvalue weighted by molar-refractivity contribution is 7.89. The number of ether oxygens (including phenoxy) is 1. The van der Waals surface area contributed by atoms with Gasteiger partial charge in [-0.3, -0.25) is 4.79 Å². The van der Waals surface area contributed by atoms with Crippen LogP contribution in [0.2, 0.25) is 0 Å². The van der Waals surface area contributed by atoms with Crippen LogP contribution < -0.4 is 5.32 Å². The number of benzene rings is 2. The Bertz CT molecular complexity index is 1190. The van der Waals surface area contributed by atoms with Gasteiger partial charge in [0.15, 0.2) is 0 Å². The minimum Gasteiger partial charge on any atom is -0.467 e. The fourth-order valence-electron chi connectivity index (χ4n) is 3.17. The Balaban J connectivity index is 1.72. The van der Waals surface area contributed by atoms with Gasteiger partial charge in [-0.05, 0) is 35.9 Å². The lowest BCUT2D eigenvalue weighted by molar-refractivity contribution is -0.145. The Hall–Kier alpha value is -3.24. The second-order valence-electron chi connectivity index (χ2n) is 6.92. The molecule has 0 aliphatic heterocycles. The van der Waals surface area contributed by atoms with Gasteiger partial charge in [-0.2, -0.15) is 4.31 Å². The van der Waals surface area contributed by atoms with Gasteiger partial charge in [-0.1, -0.05) is 18.2 Å². The third-order valence-electron chi connectivity index (χ3n) is 4.81. The van der Waals surface area contributed by atoms with Crippen molar-refractivity contribution in [3.05, 3.63) is 66.1 Å². The molecule has 31 heavy (non-hydrogen) atoms. The number of methoxy groups -OCH3 is 1. The van der Waals surface area contributed by atoms with Crippen molar-refractivity contribution in [2.45, 2.75) is 17.4 Å². The Kier molecular flexibility index (Phi) is 6.71. The Labute approximate surface area is 179 Å². The highest BCUT2D eigenvalue weighted by atomic mass is 32.2. The molecule has 1 heterocycles. The van der Waals surface area contributed by atoms with E-state index in [0.29, 0.717) is 0 Å². The van der Waals surface area contributed by atoms with E-state index in [1.54, 1.807) is 6.20 Å². The molecule has 1 aromatic heterocycles. The van der Waals surface area contributed by atoms with Crippen molar-refractivity contribution < 1.29 is 27.1 Å². The molecule has 1 atom stereocenters. The lowest BCUT2D eigenvalue weighted by atomic mass is 10.0. The van der Waals surface area contributed by atoms with Gasteiger partial charge >= 0.3 is 5.97 Å². The van der Waals surface area contributed by atoms with Crippen LogP contribution in [0, 0.1) is 5.82 Å². The summed E-state index contributed by atoms with van der Waals surface area (Å²) in [4.78, 5) is 27.7. The normalized spacial score (nSPS) is 12.6. The first-order valence-corrected chi connectivity index (χ1v) is 10.8. The first-order chi connectivity index (χ1) is 14.7. The van der Waals surface area contributed by atoms with Crippen molar-refractivity contribution in [2.24, 2.45) is 0 Å². The lowest BCUT2D eigenvalue weighted by Gasteiger charge is -2.20. The number of esters is 1. The van der Waals surface area contributed by atoms with E-state index in [4.69, 9.17) is 4.74 Å². The number of halogens is 1. The maximum atomic E-state index is 13.1. The summed E-state index contributed by atoms with van der Waals surface area (Å²) in [5, 5.41) is 3.45. The Morgan fingerprint density at radius 2 is 1.84 bits per heavy atom. The number of fused-ring (bicyclic) bond motifs is 1. The summed E-state index contributed by atoms with van der Waals surface area (Å²) in [6.07, 6.45) is 1.91. The molecule has 0 saturated carbocycles. The summed E-state index contributed by atoms with van der Waals surface area (Å²) >= 11 is 0. The summed E-state index contributed by atoms with van der Waals surface area (Å²) in [6.45, 7) is -0.527. The minimum atomic E-state index is -4.01. The molecular formula is C21H22FN3O5S. The zero-order valence-corrected chi connectivity index (χ0v) is 17.8. The Morgan fingerprint density at radius 3 is 2.52 bits per heavy atom. The van der Waals surface area contributed by atoms with Crippen LogP contribution in [0.25, 0.3) is 10.9 Å². The molecule has 0 spiro atoms. The molecule has 10 heteroatoms. The predicted octanol–water partition coefficient (Wildman–Crippen LogP) is 1.83. The van der Waals surface area contributed by atoms with Gasteiger partial charge in [0.2, 0.25) is 15.9 Å². The Morgan fingerprint density at radius 1 is 1.16 bits per heavy atom. The molecule has 164 valence electrons. The van der Waals surface area contributed by atoms with E-state index in [9.17, 15) is 22.4 Å². The quantitative estimate of drug-likeness (QED) is 0.512. The first-order valence-electron chi connectivity index (χ1n) is 9.36. The van der Waals surface area contributed by atoms with Crippen LogP contribution in [0.15, 0.2) is 59.6 Å². The molecule has 0 radical (unpaired) electrons. The average molecular weight is 447 g/mol. The van der Waals surface area contributed by atoms with Crippen LogP contribution in [0.3, 0.4) is 0 Å². The summed E-state index contributed by atoms with van der Waals surface area (Å²) in [6, 6.07) is 10.8. The van der Waals surface area contributed by atoms with E-state index in [-0.39, 0.29) is 11.3 Å². The van der Waals surface area contributed by atoms with Crippen LogP contribution in [0.5, 0.6) is 0 Å². The van der Waals surface area contributed by atoms with Gasteiger partial charge in [0.25, 0.3) is 0 Å². The van der Waals surface area contributed by atoms with Gasteiger partial charge in [0, 0.05) is 30.6 Å². The molecule has 0 aliphatic rings. The fraction of sp³-hybridized carbons (Fsp3) is 0.238. The van der Waals surface area contributed by atoms with Crippen LogP contribution >= 0.6 is 0 Å². The van der Waals surface area contributed by atoms with Crippen LogP contribution in [0.1, 0.15) is 5.56 Å². The molecule has 1 amide bonds. The van der Waals surface area contributed by atoms with E-state index >= 15 is 0 Å². The maximum absolute atomic E-state index is 13.1. The summed E-state index contributed by atoms with van der Waals surface area (Å²) in [5.41, 5.74) is 1.69. The number of aromatic amines is 1. The lowest BCUT2D eigenvalue weighted by Crippen LogP contribution is -2.47. The zero-order chi connectivity index (χ0) is 22.6. The number of carbonyl (C=O) groups is 2. The van der Waals surface area contributed by atoms with Gasteiger partial charge in [0.1, 0.15) is 11.9 Å². The van der Waals surface area contributed by atoms with E-state index in [0.717, 1.165) is 45.0 Å². The number of nitrogens with zero attached hydrogens (tertiary/aromatic N) is 1. The van der Waals surface area contributed by atoms with Crippen molar-refractivity contribution in [2.75, 3.05) is 20.7 Å². The van der Waals surface area contributed by atoms with Crippen molar-refractivity contribution in [1.29, 1.82) is 0 Å². The standard InChI is InChI=1S/C21H22FN3O5S/c1-25(31(28,29)16-9-7-15(22)8-10-16)13-20(26)24-19(21(27)30-2)11-14-12-23-18-6-4-3-5-17(14)18/h3-10,12,19,23H,11,13H2,1-2H3,(H,24,26)/t19-/m1/s1. The topological polar surface area (TPSA) is 109 Å². The largest absolute Gasteiger partial charge is 0.467 e. The van der Waals surface area contributed by atoms with Gasteiger partial charge in [-0.15, -0.1) is 0 Å². The highest BCUT2D eigenvalue weighted by Gasteiger charge is 2.27. The second kappa shape index (κ2) is 9.27. The van der Waals surface area contributed by atoms with Crippen LogP contribution in [0.4, 0.5) is 4.39 Å². The number of hydrogen-bond donors (Lipinski definition) is 2. The predicted molar refractivity (Wildman–Crippen MR) is 112 cm³/mol. The molecule has 8 nitrogen and oxygen atoms in total. The molecule has 3 rings (SSSR count). The second-order valence-corrected chi connectivity index (χ2v) is 8.97. The third kappa shape index (κ3) is 5.09. The molecule has 2 aromatic carbocycles. The molecule has 2 N–H and O–H groups in total. The average Bonchev–Trinajstić information content (AvgIpc) is 3.15. The van der Waals surface area contributed by atoms with Crippen LogP contribution in [-0.4, -0.2) is 56.3 Å². The van der Waals surface area contributed by atoms with Gasteiger partial charge < -0.3 is 15.0 Å². The van der Waals surface area contributed by atoms with E-state index in [1.165, 1.54) is 14.2 Å². The van der Waals surface area contributed by atoms with E-state index in [2.05, 4.69) is 10.3 Å².